The number of amides is 1. The van der Waals surface area contributed by atoms with E-state index >= 15 is 0 Å². The first-order chi connectivity index (χ1) is 16.1. The standard InChI is InChI=1S/C25H25N5OS2/c1-17(2)21-11-4-5-12-22(21)30-24(18-8-7-13-26-15-18)28-29-25(30)33-16-23(31)27-19-9-6-10-20(14-19)32-3/h4-15,17H,16H2,1-3H3,(H,27,31). The van der Waals surface area contributed by atoms with Crippen molar-refractivity contribution in [2.24, 2.45) is 0 Å². The maximum atomic E-state index is 12.7. The maximum absolute atomic E-state index is 12.7. The lowest BCUT2D eigenvalue weighted by atomic mass is 10.0. The number of para-hydroxylation sites is 1. The average molecular weight is 476 g/mol. The van der Waals surface area contributed by atoms with Gasteiger partial charge in [-0.1, -0.05) is 49.9 Å². The molecule has 0 atom stereocenters. The number of hydrogen-bond acceptors (Lipinski definition) is 6. The molecule has 2 aromatic heterocycles. The van der Waals surface area contributed by atoms with Crippen LogP contribution in [-0.2, 0) is 4.79 Å². The summed E-state index contributed by atoms with van der Waals surface area (Å²) >= 11 is 3.01. The largest absolute Gasteiger partial charge is 0.325 e. The highest BCUT2D eigenvalue weighted by atomic mass is 32.2. The van der Waals surface area contributed by atoms with E-state index in [1.165, 1.54) is 17.3 Å². The van der Waals surface area contributed by atoms with E-state index in [1.54, 1.807) is 24.2 Å². The Balaban J connectivity index is 1.63. The molecule has 0 fully saturated rings. The van der Waals surface area contributed by atoms with Crippen molar-refractivity contribution < 1.29 is 4.79 Å². The number of thioether (sulfide) groups is 2. The summed E-state index contributed by atoms with van der Waals surface area (Å²) in [6, 6.07) is 19.9. The molecule has 1 N–H and O–H groups in total. The number of carbonyl (C=O) groups excluding carboxylic acids is 1. The zero-order valence-electron chi connectivity index (χ0n) is 18.7. The van der Waals surface area contributed by atoms with E-state index in [-0.39, 0.29) is 11.7 Å². The van der Waals surface area contributed by atoms with Crippen molar-refractivity contribution in [3.63, 3.8) is 0 Å². The Hall–Kier alpha value is -3.10. The van der Waals surface area contributed by atoms with Gasteiger partial charge in [-0.25, -0.2) is 0 Å². The number of pyridine rings is 1. The number of nitrogens with zero attached hydrogens (tertiary/aromatic N) is 4. The fourth-order valence-electron chi connectivity index (χ4n) is 3.47. The molecule has 2 heterocycles. The van der Waals surface area contributed by atoms with Crippen LogP contribution in [-0.4, -0.2) is 37.7 Å². The van der Waals surface area contributed by atoms with Gasteiger partial charge in [-0.05, 0) is 54.1 Å². The van der Waals surface area contributed by atoms with Crippen LogP contribution in [0.3, 0.4) is 0 Å². The number of benzene rings is 2. The third-order valence-corrected chi connectivity index (χ3v) is 6.69. The maximum Gasteiger partial charge on any atom is 0.234 e. The Morgan fingerprint density at radius 2 is 1.91 bits per heavy atom. The lowest BCUT2D eigenvalue weighted by molar-refractivity contribution is -0.113. The number of anilines is 1. The summed E-state index contributed by atoms with van der Waals surface area (Å²) in [6.45, 7) is 4.33. The van der Waals surface area contributed by atoms with Crippen molar-refractivity contribution in [3.05, 3.63) is 78.6 Å². The van der Waals surface area contributed by atoms with Gasteiger partial charge in [-0.2, -0.15) is 0 Å². The van der Waals surface area contributed by atoms with Gasteiger partial charge in [0.1, 0.15) is 0 Å². The molecule has 0 saturated carbocycles. The Morgan fingerprint density at radius 3 is 2.67 bits per heavy atom. The number of hydrogen-bond donors (Lipinski definition) is 1. The second-order valence-corrected chi connectivity index (χ2v) is 9.49. The van der Waals surface area contributed by atoms with E-state index in [2.05, 4.69) is 46.5 Å². The summed E-state index contributed by atoms with van der Waals surface area (Å²) in [5.74, 6) is 1.15. The monoisotopic (exact) mass is 475 g/mol. The molecule has 1 amide bonds. The van der Waals surface area contributed by atoms with E-state index in [1.807, 2.05) is 59.4 Å². The number of rotatable bonds is 8. The minimum absolute atomic E-state index is 0.0899. The van der Waals surface area contributed by atoms with Crippen LogP contribution in [0.4, 0.5) is 5.69 Å². The minimum atomic E-state index is -0.0899. The van der Waals surface area contributed by atoms with Crippen LogP contribution in [0, 0.1) is 0 Å². The van der Waals surface area contributed by atoms with Crippen molar-refractivity contribution in [2.45, 2.75) is 29.8 Å². The Bertz CT molecular complexity index is 1240. The molecule has 0 aliphatic carbocycles. The van der Waals surface area contributed by atoms with Gasteiger partial charge in [0, 0.05) is 28.5 Å². The number of nitrogens with one attached hydrogen (secondary N) is 1. The molecule has 8 heteroatoms. The molecule has 4 aromatic rings. The molecule has 0 saturated heterocycles. The topological polar surface area (TPSA) is 72.7 Å². The Labute approximate surface area is 202 Å². The molecular formula is C25H25N5OS2. The number of aromatic nitrogens is 4. The van der Waals surface area contributed by atoms with Crippen LogP contribution in [0.2, 0.25) is 0 Å². The van der Waals surface area contributed by atoms with E-state index in [0.717, 1.165) is 21.8 Å². The van der Waals surface area contributed by atoms with Crippen LogP contribution in [0.25, 0.3) is 17.1 Å². The van der Waals surface area contributed by atoms with Crippen LogP contribution in [0.1, 0.15) is 25.3 Å². The molecule has 2 aromatic carbocycles. The highest BCUT2D eigenvalue weighted by molar-refractivity contribution is 7.99. The van der Waals surface area contributed by atoms with Gasteiger partial charge in [0.25, 0.3) is 0 Å². The third kappa shape index (κ3) is 5.46. The van der Waals surface area contributed by atoms with Crippen LogP contribution in [0.15, 0.2) is 83.1 Å². The Morgan fingerprint density at radius 1 is 1.06 bits per heavy atom. The zero-order chi connectivity index (χ0) is 23.2. The van der Waals surface area contributed by atoms with Gasteiger partial charge in [0.2, 0.25) is 5.91 Å². The normalized spacial score (nSPS) is 11.0. The molecular weight excluding hydrogens is 450 g/mol. The molecule has 0 aliphatic rings. The van der Waals surface area contributed by atoms with Gasteiger partial charge in [-0.15, -0.1) is 22.0 Å². The third-order valence-electron chi connectivity index (χ3n) is 5.04. The molecule has 0 aliphatic heterocycles. The summed E-state index contributed by atoms with van der Waals surface area (Å²) < 4.78 is 2.03. The first kappa shape index (κ1) is 23.1. The highest BCUT2D eigenvalue weighted by Crippen LogP contribution is 2.32. The van der Waals surface area contributed by atoms with Crippen molar-refractivity contribution in [3.8, 4) is 17.1 Å². The second kappa shape index (κ2) is 10.7. The molecule has 0 bridgehead atoms. The smallest absolute Gasteiger partial charge is 0.234 e. The zero-order valence-corrected chi connectivity index (χ0v) is 20.4. The van der Waals surface area contributed by atoms with Gasteiger partial charge >= 0.3 is 0 Å². The lowest BCUT2D eigenvalue weighted by Crippen LogP contribution is -2.14. The van der Waals surface area contributed by atoms with Crippen molar-refractivity contribution in [1.82, 2.24) is 19.7 Å². The molecule has 168 valence electrons. The second-order valence-electron chi connectivity index (χ2n) is 7.67. The van der Waals surface area contributed by atoms with Gasteiger partial charge < -0.3 is 5.32 Å². The average Bonchev–Trinajstić information content (AvgIpc) is 3.27. The van der Waals surface area contributed by atoms with Crippen LogP contribution >= 0.6 is 23.5 Å². The van der Waals surface area contributed by atoms with Crippen molar-refractivity contribution in [1.29, 1.82) is 0 Å². The van der Waals surface area contributed by atoms with Crippen molar-refractivity contribution >= 4 is 35.1 Å². The molecule has 33 heavy (non-hydrogen) atoms. The first-order valence-electron chi connectivity index (χ1n) is 10.6. The van der Waals surface area contributed by atoms with Crippen LogP contribution in [0.5, 0.6) is 0 Å². The highest BCUT2D eigenvalue weighted by Gasteiger charge is 2.20. The predicted molar refractivity (Wildman–Crippen MR) is 136 cm³/mol. The Kier molecular flexibility index (Phi) is 7.47. The van der Waals surface area contributed by atoms with Gasteiger partial charge in [0.05, 0.1) is 11.4 Å². The van der Waals surface area contributed by atoms with Gasteiger partial charge in [-0.3, -0.25) is 14.3 Å². The fourth-order valence-corrected chi connectivity index (χ4v) is 4.67. The van der Waals surface area contributed by atoms with E-state index in [9.17, 15) is 4.79 Å². The SMILES string of the molecule is CSc1cccc(NC(=O)CSc2nnc(-c3cccnc3)n2-c2ccccc2C(C)C)c1. The minimum Gasteiger partial charge on any atom is -0.325 e. The summed E-state index contributed by atoms with van der Waals surface area (Å²) in [6.07, 6.45) is 5.52. The molecule has 4 rings (SSSR count). The molecule has 0 unspecified atom stereocenters. The van der Waals surface area contributed by atoms with E-state index in [0.29, 0.717) is 16.9 Å². The molecule has 6 nitrogen and oxygen atoms in total. The summed E-state index contributed by atoms with van der Waals surface area (Å²) in [7, 11) is 0. The number of carbonyl (C=O) groups is 1. The first-order valence-corrected chi connectivity index (χ1v) is 12.8. The van der Waals surface area contributed by atoms with E-state index in [4.69, 9.17) is 0 Å². The molecule has 0 spiro atoms. The van der Waals surface area contributed by atoms with Crippen LogP contribution < -0.4 is 5.32 Å². The van der Waals surface area contributed by atoms with E-state index < -0.39 is 0 Å². The quantitative estimate of drug-likeness (QED) is 0.320. The fraction of sp³-hybridized carbons (Fsp3) is 0.200. The summed E-state index contributed by atoms with van der Waals surface area (Å²) in [4.78, 5) is 18.0. The van der Waals surface area contributed by atoms with Crippen molar-refractivity contribution in [2.75, 3.05) is 17.3 Å². The van der Waals surface area contributed by atoms with Gasteiger partial charge in [0.15, 0.2) is 11.0 Å². The predicted octanol–water partition coefficient (Wildman–Crippen LogP) is 5.91. The lowest BCUT2D eigenvalue weighted by Gasteiger charge is -2.16. The molecule has 0 radical (unpaired) electrons. The summed E-state index contributed by atoms with van der Waals surface area (Å²) in [5.41, 5.74) is 3.85. The summed E-state index contributed by atoms with van der Waals surface area (Å²) in [5, 5.41) is 12.5.